The Morgan fingerprint density at radius 3 is 2.34 bits per heavy atom. The maximum Gasteiger partial charge on any atom is 0.247 e. The third-order valence-electron chi connectivity index (χ3n) is 6.41. The Balaban J connectivity index is 0.00000150. The van der Waals surface area contributed by atoms with Gasteiger partial charge in [0.1, 0.15) is 5.54 Å². The van der Waals surface area contributed by atoms with E-state index in [1.165, 1.54) is 16.7 Å². The molecule has 0 spiro atoms. The van der Waals surface area contributed by atoms with Crippen molar-refractivity contribution in [2.45, 2.75) is 31.3 Å². The van der Waals surface area contributed by atoms with E-state index in [0.717, 1.165) is 39.0 Å². The number of benzene rings is 2. The molecule has 2 aliphatic rings. The number of amides is 1. The zero-order valence-corrected chi connectivity index (χ0v) is 18.8. The Kier molecular flexibility index (Phi) is 8.12. The summed E-state index contributed by atoms with van der Waals surface area (Å²) >= 11 is 0. The van der Waals surface area contributed by atoms with Crippen molar-refractivity contribution >= 4 is 30.7 Å². The Morgan fingerprint density at radius 2 is 1.66 bits per heavy atom. The Labute approximate surface area is 186 Å². The molecule has 0 bridgehead atoms. The molecule has 1 aliphatic heterocycles. The first-order valence-corrected chi connectivity index (χ1v) is 10.0. The summed E-state index contributed by atoms with van der Waals surface area (Å²) in [5.74, 6) is 0.228. The minimum atomic E-state index is -0.531. The van der Waals surface area contributed by atoms with Crippen LogP contribution in [0.3, 0.4) is 0 Å². The molecule has 0 radical (unpaired) electrons. The summed E-state index contributed by atoms with van der Waals surface area (Å²) in [5, 5.41) is 3.43. The highest BCUT2D eigenvalue weighted by molar-refractivity contribution is 5.89. The number of piperazine rings is 1. The second-order valence-electron chi connectivity index (χ2n) is 7.76. The fourth-order valence-corrected chi connectivity index (χ4v) is 4.75. The molecule has 1 saturated heterocycles. The van der Waals surface area contributed by atoms with Crippen molar-refractivity contribution in [3.05, 3.63) is 71.3 Å². The van der Waals surface area contributed by atoms with E-state index < -0.39 is 5.54 Å². The van der Waals surface area contributed by atoms with Gasteiger partial charge in [0.05, 0.1) is 6.04 Å². The van der Waals surface area contributed by atoms with Crippen molar-refractivity contribution in [2.24, 2.45) is 0 Å². The van der Waals surface area contributed by atoms with Gasteiger partial charge < -0.3 is 10.2 Å². The van der Waals surface area contributed by atoms with Gasteiger partial charge in [-0.05, 0) is 36.5 Å². The average Bonchev–Trinajstić information content (AvgIpc) is 3.14. The van der Waals surface area contributed by atoms with E-state index in [1.54, 1.807) is 0 Å². The predicted molar refractivity (Wildman–Crippen MR) is 123 cm³/mol. The van der Waals surface area contributed by atoms with Crippen LogP contribution in [0.4, 0.5) is 0 Å². The van der Waals surface area contributed by atoms with Crippen molar-refractivity contribution in [1.82, 2.24) is 15.1 Å². The topological polar surface area (TPSA) is 35.6 Å². The highest BCUT2D eigenvalue weighted by Gasteiger charge is 2.51. The number of likely N-dealkylation sites (N-methyl/N-ethyl adjacent to an activating group) is 1. The molecule has 4 nitrogen and oxygen atoms in total. The van der Waals surface area contributed by atoms with Crippen LogP contribution in [-0.2, 0) is 16.8 Å². The highest BCUT2D eigenvalue weighted by Crippen LogP contribution is 2.44. The predicted octanol–water partition coefficient (Wildman–Crippen LogP) is 3.80. The number of hydrogen-bond acceptors (Lipinski definition) is 3. The van der Waals surface area contributed by atoms with Crippen molar-refractivity contribution in [2.75, 3.05) is 33.2 Å². The fraction of sp³-hybridized carbons (Fsp3) is 0.435. The third kappa shape index (κ3) is 4.17. The van der Waals surface area contributed by atoms with E-state index in [1.807, 2.05) is 30.1 Å². The van der Waals surface area contributed by atoms with Crippen LogP contribution in [0.15, 0.2) is 54.6 Å². The van der Waals surface area contributed by atoms with E-state index in [9.17, 15) is 4.79 Å². The minimum absolute atomic E-state index is 0. The van der Waals surface area contributed by atoms with Gasteiger partial charge in [0.15, 0.2) is 0 Å². The number of nitrogens with one attached hydrogen (secondary N) is 1. The number of aryl methyl sites for hydroxylation is 1. The summed E-state index contributed by atoms with van der Waals surface area (Å²) in [7, 11) is 1.96. The molecule has 0 unspecified atom stereocenters. The summed E-state index contributed by atoms with van der Waals surface area (Å²) in [4.78, 5) is 18.4. The zero-order chi connectivity index (χ0) is 18.9. The number of hydrogen-bond donors (Lipinski definition) is 1. The van der Waals surface area contributed by atoms with Gasteiger partial charge in [-0.1, -0.05) is 54.6 Å². The second-order valence-corrected chi connectivity index (χ2v) is 7.76. The Hall–Kier alpha value is -1.59. The molecule has 1 aliphatic carbocycles. The molecule has 1 amide bonds. The molecule has 0 saturated carbocycles. The standard InChI is InChI=1S/C23H29N3O.2ClH/c1-18(19-8-4-3-5-9-19)25(2)22(27)23(26-16-14-24-15-17-26)13-12-20-10-6-7-11-21(20)23;;/h3-11,18,24H,12-17H2,1-2H3;2*1H/t18-,23+;;/m1../s1. The SMILES string of the molecule is C[C@H](c1ccccc1)N(C)C(=O)[C@]1(N2CCNCC2)CCc2ccccc21.Cl.Cl. The molecular weight excluding hydrogens is 405 g/mol. The van der Waals surface area contributed by atoms with E-state index in [4.69, 9.17) is 0 Å². The zero-order valence-electron chi connectivity index (χ0n) is 17.1. The number of fused-ring (bicyclic) bond motifs is 1. The van der Waals surface area contributed by atoms with Crippen molar-refractivity contribution in [3.8, 4) is 0 Å². The average molecular weight is 436 g/mol. The second kappa shape index (κ2) is 9.94. The number of nitrogens with zero attached hydrogens (tertiary/aromatic N) is 2. The van der Waals surface area contributed by atoms with E-state index >= 15 is 0 Å². The first kappa shape index (κ1) is 23.7. The van der Waals surface area contributed by atoms with Crippen LogP contribution in [0.25, 0.3) is 0 Å². The minimum Gasteiger partial charge on any atom is -0.337 e. The first-order valence-electron chi connectivity index (χ1n) is 10.0. The van der Waals surface area contributed by atoms with Gasteiger partial charge in [0, 0.05) is 33.2 Å². The normalized spacial score (nSPS) is 22.0. The smallest absolute Gasteiger partial charge is 0.247 e. The molecule has 158 valence electrons. The quantitative estimate of drug-likeness (QED) is 0.792. The summed E-state index contributed by atoms with van der Waals surface area (Å²) < 4.78 is 0. The highest BCUT2D eigenvalue weighted by atomic mass is 35.5. The Morgan fingerprint density at radius 1 is 1.03 bits per heavy atom. The van der Waals surface area contributed by atoms with Gasteiger partial charge in [-0.2, -0.15) is 0 Å². The van der Waals surface area contributed by atoms with Crippen LogP contribution in [0, 0.1) is 0 Å². The summed E-state index contributed by atoms with van der Waals surface area (Å²) in [6, 6.07) is 18.9. The molecule has 1 fully saturated rings. The molecule has 29 heavy (non-hydrogen) atoms. The third-order valence-corrected chi connectivity index (χ3v) is 6.41. The van der Waals surface area contributed by atoms with Gasteiger partial charge in [0.25, 0.3) is 0 Å². The fourth-order valence-electron chi connectivity index (χ4n) is 4.75. The van der Waals surface area contributed by atoms with Crippen molar-refractivity contribution in [1.29, 1.82) is 0 Å². The van der Waals surface area contributed by atoms with Gasteiger partial charge in [-0.15, -0.1) is 24.8 Å². The number of carbonyl (C=O) groups is 1. The van der Waals surface area contributed by atoms with Crippen LogP contribution in [0.1, 0.15) is 36.1 Å². The maximum absolute atomic E-state index is 14.0. The molecule has 2 atom stereocenters. The van der Waals surface area contributed by atoms with E-state index in [0.29, 0.717) is 0 Å². The summed E-state index contributed by atoms with van der Waals surface area (Å²) in [6.45, 7) is 5.82. The summed E-state index contributed by atoms with van der Waals surface area (Å²) in [5.41, 5.74) is 3.18. The maximum atomic E-state index is 14.0. The van der Waals surface area contributed by atoms with Crippen LogP contribution >= 0.6 is 24.8 Å². The molecule has 0 aromatic heterocycles. The van der Waals surface area contributed by atoms with Gasteiger partial charge in [-0.25, -0.2) is 0 Å². The van der Waals surface area contributed by atoms with Crippen molar-refractivity contribution in [3.63, 3.8) is 0 Å². The lowest BCUT2D eigenvalue weighted by Gasteiger charge is -2.45. The largest absolute Gasteiger partial charge is 0.337 e. The molecule has 1 N–H and O–H groups in total. The lowest BCUT2D eigenvalue weighted by molar-refractivity contribution is -0.147. The number of rotatable bonds is 4. The van der Waals surface area contributed by atoms with Crippen LogP contribution in [0.2, 0.25) is 0 Å². The lowest BCUT2D eigenvalue weighted by atomic mass is 9.86. The van der Waals surface area contributed by atoms with E-state index in [2.05, 4.69) is 53.5 Å². The Bertz CT molecular complexity index is 811. The van der Waals surface area contributed by atoms with Gasteiger partial charge in [-0.3, -0.25) is 9.69 Å². The van der Waals surface area contributed by atoms with Gasteiger partial charge in [0.2, 0.25) is 5.91 Å². The molecule has 4 rings (SSSR count). The lowest BCUT2D eigenvalue weighted by Crippen LogP contribution is -2.60. The molecule has 2 aromatic rings. The number of carbonyl (C=O) groups excluding carboxylic acids is 1. The molecule has 2 aromatic carbocycles. The van der Waals surface area contributed by atoms with E-state index in [-0.39, 0.29) is 36.8 Å². The molecule has 1 heterocycles. The molecular formula is C23H31Cl2N3O. The number of halogens is 2. The van der Waals surface area contributed by atoms with Crippen LogP contribution in [0.5, 0.6) is 0 Å². The summed E-state index contributed by atoms with van der Waals surface area (Å²) in [6.07, 6.45) is 1.84. The van der Waals surface area contributed by atoms with Crippen LogP contribution < -0.4 is 5.32 Å². The first-order chi connectivity index (χ1) is 13.1. The monoisotopic (exact) mass is 435 g/mol. The van der Waals surface area contributed by atoms with Crippen LogP contribution in [-0.4, -0.2) is 48.9 Å². The molecule has 6 heteroatoms. The van der Waals surface area contributed by atoms with Gasteiger partial charge >= 0.3 is 0 Å². The van der Waals surface area contributed by atoms with Crippen molar-refractivity contribution < 1.29 is 4.79 Å².